The highest BCUT2D eigenvalue weighted by Crippen LogP contribution is 2.43. The molecule has 0 radical (unpaired) electrons. The van der Waals surface area contributed by atoms with Gasteiger partial charge >= 0.3 is 0 Å². The molecule has 26 heavy (non-hydrogen) atoms. The zero-order valence-corrected chi connectivity index (χ0v) is 13.8. The molecule has 0 fully saturated rings. The van der Waals surface area contributed by atoms with Gasteiger partial charge in [0.15, 0.2) is 0 Å². The second-order valence-electron chi connectivity index (χ2n) is 6.74. The van der Waals surface area contributed by atoms with Gasteiger partial charge in [-0.25, -0.2) is 0 Å². The summed E-state index contributed by atoms with van der Waals surface area (Å²) in [5.41, 5.74) is 6.93. The number of aromatic nitrogens is 1. The summed E-state index contributed by atoms with van der Waals surface area (Å²) in [6.07, 6.45) is 0. The predicted molar refractivity (Wildman–Crippen MR) is 106 cm³/mol. The monoisotopic (exact) mass is 334 g/mol. The maximum atomic E-state index is 9.74. The Morgan fingerprint density at radius 1 is 0.692 bits per heavy atom. The summed E-state index contributed by atoms with van der Waals surface area (Å²) in [7, 11) is 0. The molecule has 1 aromatic heterocycles. The average molecular weight is 334 g/mol. The molecule has 0 unspecified atom stereocenters. The average Bonchev–Trinajstić information content (AvgIpc) is 3.23. The summed E-state index contributed by atoms with van der Waals surface area (Å²) >= 11 is 0. The van der Waals surface area contributed by atoms with Crippen molar-refractivity contribution in [3.8, 4) is 11.1 Å². The highest BCUT2D eigenvalue weighted by atomic mass is 16.4. The Bertz CT molecular complexity index is 1390. The smallest absolute Gasteiger partial charge is 0.120 e. The summed E-state index contributed by atoms with van der Waals surface area (Å²) in [4.78, 5) is 3.58. The number of nitrogens with one attached hydrogen (secondary N) is 1. The van der Waals surface area contributed by atoms with E-state index in [1.165, 1.54) is 16.2 Å². The van der Waals surface area contributed by atoms with Gasteiger partial charge in [0.2, 0.25) is 0 Å². The highest BCUT2D eigenvalue weighted by Gasteiger charge is 2.28. The van der Waals surface area contributed by atoms with Crippen molar-refractivity contribution in [2.75, 3.05) is 0 Å². The van der Waals surface area contributed by atoms with Crippen LogP contribution in [0.5, 0.6) is 0 Å². The number of fused-ring (bicyclic) bond motifs is 9. The van der Waals surface area contributed by atoms with Crippen molar-refractivity contribution in [3.05, 3.63) is 83.9 Å². The van der Waals surface area contributed by atoms with Crippen molar-refractivity contribution in [1.82, 2.24) is 4.98 Å². The normalized spacial score (nSPS) is 14.4. The van der Waals surface area contributed by atoms with Crippen LogP contribution in [0.3, 0.4) is 0 Å². The molecule has 0 saturated heterocycles. The predicted octanol–water partition coefficient (Wildman–Crippen LogP) is 5.68. The molecule has 0 spiro atoms. The summed E-state index contributed by atoms with van der Waals surface area (Å²) < 4.78 is 0. The van der Waals surface area contributed by atoms with Crippen LogP contribution in [0.25, 0.3) is 43.7 Å². The molecule has 1 aliphatic carbocycles. The van der Waals surface area contributed by atoms with E-state index in [2.05, 4.69) is 64.7 Å². The van der Waals surface area contributed by atoms with Gasteiger partial charge in [0.1, 0.15) is 5.71 Å². The first-order chi connectivity index (χ1) is 12.9. The van der Waals surface area contributed by atoms with E-state index < -0.39 is 0 Å². The molecule has 0 bridgehead atoms. The first kappa shape index (κ1) is 13.7. The van der Waals surface area contributed by atoms with E-state index in [0.717, 1.165) is 38.7 Å². The number of aromatic amines is 1. The van der Waals surface area contributed by atoms with Gasteiger partial charge in [-0.2, -0.15) is 0 Å². The van der Waals surface area contributed by atoms with Crippen molar-refractivity contribution < 1.29 is 5.21 Å². The first-order valence-electron chi connectivity index (χ1n) is 8.65. The topological polar surface area (TPSA) is 48.4 Å². The van der Waals surface area contributed by atoms with Crippen LogP contribution in [0.1, 0.15) is 11.1 Å². The van der Waals surface area contributed by atoms with E-state index in [1.807, 2.05) is 18.2 Å². The molecule has 0 saturated carbocycles. The van der Waals surface area contributed by atoms with E-state index >= 15 is 0 Å². The number of rotatable bonds is 0. The lowest BCUT2D eigenvalue weighted by Crippen LogP contribution is -1.98. The Morgan fingerprint density at radius 3 is 2.38 bits per heavy atom. The molecule has 0 atom stereocenters. The quantitative estimate of drug-likeness (QED) is 0.272. The van der Waals surface area contributed by atoms with Crippen LogP contribution < -0.4 is 0 Å². The number of hydrogen-bond donors (Lipinski definition) is 2. The summed E-state index contributed by atoms with van der Waals surface area (Å²) in [5.74, 6) is 0. The lowest BCUT2D eigenvalue weighted by molar-refractivity contribution is 0.320. The summed E-state index contributed by atoms with van der Waals surface area (Å²) in [5, 5.41) is 18.2. The zero-order chi connectivity index (χ0) is 17.3. The van der Waals surface area contributed by atoms with Crippen LogP contribution in [0.15, 0.2) is 78.0 Å². The minimum Gasteiger partial charge on any atom is -0.410 e. The zero-order valence-electron chi connectivity index (χ0n) is 13.8. The largest absolute Gasteiger partial charge is 0.410 e. The van der Waals surface area contributed by atoms with Crippen molar-refractivity contribution in [3.63, 3.8) is 0 Å². The number of oxime groups is 1. The molecule has 3 nitrogen and oxygen atoms in total. The lowest BCUT2D eigenvalue weighted by Gasteiger charge is -2.03. The van der Waals surface area contributed by atoms with Crippen molar-refractivity contribution in [2.45, 2.75) is 0 Å². The van der Waals surface area contributed by atoms with Gasteiger partial charge in [-0.1, -0.05) is 71.9 Å². The van der Waals surface area contributed by atoms with Crippen LogP contribution in [0.2, 0.25) is 0 Å². The van der Waals surface area contributed by atoms with Crippen molar-refractivity contribution in [1.29, 1.82) is 0 Å². The lowest BCUT2D eigenvalue weighted by atomic mass is 10.00. The minimum absolute atomic E-state index is 0.636. The number of nitrogens with zero attached hydrogens (tertiary/aromatic N) is 1. The Labute approximate surface area is 149 Å². The van der Waals surface area contributed by atoms with Crippen molar-refractivity contribution >= 4 is 38.3 Å². The minimum atomic E-state index is 0.636. The summed E-state index contributed by atoms with van der Waals surface area (Å²) in [6, 6.07) is 25.1. The maximum Gasteiger partial charge on any atom is 0.120 e. The molecule has 4 aromatic carbocycles. The fourth-order valence-corrected chi connectivity index (χ4v) is 4.37. The molecule has 122 valence electrons. The van der Waals surface area contributed by atoms with E-state index in [9.17, 15) is 5.21 Å². The Hall–Kier alpha value is -3.59. The Kier molecular flexibility index (Phi) is 2.49. The van der Waals surface area contributed by atoms with Crippen LogP contribution in [0, 0.1) is 0 Å². The third-order valence-electron chi connectivity index (χ3n) is 5.47. The summed E-state index contributed by atoms with van der Waals surface area (Å²) in [6.45, 7) is 0. The number of H-pyrrole nitrogens is 1. The van der Waals surface area contributed by atoms with Crippen LogP contribution >= 0.6 is 0 Å². The third kappa shape index (κ3) is 1.55. The van der Waals surface area contributed by atoms with Crippen LogP contribution in [-0.2, 0) is 0 Å². The molecular formula is C23H14N2O. The van der Waals surface area contributed by atoms with Crippen LogP contribution in [-0.4, -0.2) is 15.9 Å². The molecule has 1 aliphatic rings. The molecule has 1 heterocycles. The molecule has 0 aliphatic heterocycles. The SMILES string of the molecule is O/N=C1\c2ccccc2-c2ccc3c([nH]c4ccc5ccccc5c43)c21. The van der Waals surface area contributed by atoms with Gasteiger partial charge in [-0.05, 0) is 28.0 Å². The van der Waals surface area contributed by atoms with Gasteiger partial charge < -0.3 is 10.2 Å². The van der Waals surface area contributed by atoms with E-state index in [4.69, 9.17) is 0 Å². The molecule has 2 N–H and O–H groups in total. The van der Waals surface area contributed by atoms with Crippen LogP contribution in [0.4, 0.5) is 0 Å². The second kappa shape index (κ2) is 4.73. The Balaban J connectivity index is 1.82. The third-order valence-corrected chi connectivity index (χ3v) is 5.47. The van der Waals surface area contributed by atoms with Gasteiger partial charge in [0.25, 0.3) is 0 Å². The fourth-order valence-electron chi connectivity index (χ4n) is 4.37. The van der Waals surface area contributed by atoms with E-state index in [-0.39, 0.29) is 0 Å². The van der Waals surface area contributed by atoms with E-state index in [1.54, 1.807) is 0 Å². The second-order valence-corrected chi connectivity index (χ2v) is 6.74. The molecule has 3 heteroatoms. The fraction of sp³-hybridized carbons (Fsp3) is 0. The van der Waals surface area contributed by atoms with E-state index in [0.29, 0.717) is 5.71 Å². The molecular weight excluding hydrogens is 320 g/mol. The molecule has 6 rings (SSSR count). The number of hydrogen-bond acceptors (Lipinski definition) is 2. The van der Waals surface area contributed by atoms with Gasteiger partial charge in [0.05, 0.1) is 5.52 Å². The maximum absolute atomic E-state index is 9.74. The molecule has 5 aromatic rings. The van der Waals surface area contributed by atoms with Gasteiger partial charge in [0, 0.05) is 27.4 Å². The first-order valence-corrected chi connectivity index (χ1v) is 8.65. The number of benzene rings is 4. The standard InChI is InChI=1S/C23H14N2O/c26-25-23-17-8-4-3-7-15(17)16-10-11-18-20-14-6-2-1-5-13(14)9-12-19(20)24-22(18)21(16)23/h1-12,24,26H/b25-23+. The Morgan fingerprint density at radius 2 is 1.50 bits per heavy atom. The van der Waals surface area contributed by atoms with Gasteiger partial charge in [-0.3, -0.25) is 0 Å². The van der Waals surface area contributed by atoms with Gasteiger partial charge in [-0.15, -0.1) is 0 Å². The molecule has 0 amide bonds. The van der Waals surface area contributed by atoms with Crippen molar-refractivity contribution in [2.24, 2.45) is 5.16 Å². The highest BCUT2D eigenvalue weighted by molar-refractivity contribution is 6.32.